The Morgan fingerprint density at radius 3 is 2.50 bits per heavy atom. The molecule has 0 spiro atoms. The fourth-order valence-electron chi connectivity index (χ4n) is 2.39. The van der Waals surface area contributed by atoms with E-state index in [2.05, 4.69) is 5.43 Å². The minimum Gasteiger partial charge on any atom is -0.490 e. The first kappa shape index (κ1) is 13.3. The molecular formula is C14H22N2O2. The van der Waals surface area contributed by atoms with E-state index in [0.717, 1.165) is 24.2 Å². The molecule has 1 fully saturated rings. The van der Waals surface area contributed by atoms with E-state index in [1.54, 1.807) is 6.92 Å². The third kappa shape index (κ3) is 3.22. The lowest BCUT2D eigenvalue weighted by Gasteiger charge is -2.23. The van der Waals surface area contributed by atoms with E-state index in [9.17, 15) is 5.11 Å². The second kappa shape index (κ2) is 5.69. The molecule has 1 unspecified atom stereocenters. The molecule has 0 aromatic heterocycles. The first-order valence-electron chi connectivity index (χ1n) is 6.55. The minimum atomic E-state index is -0.958. The second-order valence-corrected chi connectivity index (χ2v) is 5.20. The molecular weight excluding hydrogens is 228 g/mol. The van der Waals surface area contributed by atoms with Crippen LogP contribution in [0, 0.1) is 0 Å². The number of hydrogen-bond acceptors (Lipinski definition) is 4. The number of hydrazine groups is 1. The zero-order chi connectivity index (χ0) is 13.0. The van der Waals surface area contributed by atoms with Crippen molar-refractivity contribution in [1.82, 2.24) is 5.43 Å². The van der Waals surface area contributed by atoms with Crippen LogP contribution in [-0.4, -0.2) is 17.8 Å². The van der Waals surface area contributed by atoms with Gasteiger partial charge in [0, 0.05) is 6.54 Å². The van der Waals surface area contributed by atoms with Gasteiger partial charge in [0.15, 0.2) is 0 Å². The summed E-state index contributed by atoms with van der Waals surface area (Å²) in [6.45, 7) is 2.05. The highest BCUT2D eigenvalue weighted by molar-refractivity contribution is 5.31. The summed E-state index contributed by atoms with van der Waals surface area (Å²) >= 11 is 0. The van der Waals surface area contributed by atoms with Crippen molar-refractivity contribution < 1.29 is 9.84 Å². The van der Waals surface area contributed by atoms with Crippen LogP contribution in [0.3, 0.4) is 0 Å². The number of ether oxygens (including phenoxy) is 1. The Balaban J connectivity index is 2.00. The fourth-order valence-corrected chi connectivity index (χ4v) is 2.39. The van der Waals surface area contributed by atoms with Crippen LogP contribution in [-0.2, 0) is 5.60 Å². The monoisotopic (exact) mass is 250 g/mol. The molecule has 100 valence electrons. The number of rotatable bonds is 5. The predicted octanol–water partition coefficient (Wildman–Crippen LogP) is 1.68. The molecule has 2 rings (SSSR count). The van der Waals surface area contributed by atoms with Gasteiger partial charge in [0.2, 0.25) is 0 Å². The Morgan fingerprint density at radius 1 is 1.33 bits per heavy atom. The Morgan fingerprint density at radius 2 is 1.94 bits per heavy atom. The van der Waals surface area contributed by atoms with Gasteiger partial charge < -0.3 is 9.84 Å². The molecule has 1 atom stereocenters. The first-order valence-corrected chi connectivity index (χ1v) is 6.55. The summed E-state index contributed by atoms with van der Waals surface area (Å²) in [6.07, 6.45) is 5.19. The molecule has 1 aromatic rings. The smallest absolute Gasteiger partial charge is 0.119 e. The van der Waals surface area contributed by atoms with Crippen LogP contribution in [0.15, 0.2) is 24.3 Å². The van der Waals surface area contributed by atoms with Crippen LogP contribution in [0.1, 0.15) is 38.2 Å². The molecule has 1 aliphatic carbocycles. The number of benzene rings is 1. The molecule has 0 aliphatic heterocycles. The van der Waals surface area contributed by atoms with E-state index in [0.29, 0.717) is 12.6 Å². The van der Waals surface area contributed by atoms with Crippen molar-refractivity contribution in [2.24, 2.45) is 5.84 Å². The molecule has 18 heavy (non-hydrogen) atoms. The zero-order valence-corrected chi connectivity index (χ0v) is 10.9. The van der Waals surface area contributed by atoms with Crippen molar-refractivity contribution >= 4 is 0 Å². The van der Waals surface area contributed by atoms with Gasteiger partial charge in [0.05, 0.1) is 6.10 Å². The van der Waals surface area contributed by atoms with Crippen molar-refractivity contribution in [2.45, 2.75) is 44.3 Å². The van der Waals surface area contributed by atoms with Gasteiger partial charge in [-0.25, -0.2) is 0 Å². The molecule has 4 heteroatoms. The third-order valence-electron chi connectivity index (χ3n) is 3.53. The lowest BCUT2D eigenvalue weighted by Crippen LogP contribution is -2.38. The van der Waals surface area contributed by atoms with Crippen LogP contribution in [0.5, 0.6) is 5.75 Å². The van der Waals surface area contributed by atoms with Gasteiger partial charge in [-0.15, -0.1) is 0 Å². The molecule has 1 saturated carbocycles. The summed E-state index contributed by atoms with van der Waals surface area (Å²) in [5.41, 5.74) is 2.37. The van der Waals surface area contributed by atoms with E-state index in [1.165, 1.54) is 12.8 Å². The molecule has 0 amide bonds. The van der Waals surface area contributed by atoms with Crippen molar-refractivity contribution in [3.8, 4) is 5.75 Å². The van der Waals surface area contributed by atoms with E-state index < -0.39 is 5.60 Å². The number of nitrogens with two attached hydrogens (primary N) is 1. The van der Waals surface area contributed by atoms with Crippen LogP contribution in [0.2, 0.25) is 0 Å². The number of nitrogens with one attached hydrogen (secondary N) is 1. The van der Waals surface area contributed by atoms with Gasteiger partial charge in [-0.05, 0) is 50.3 Å². The largest absolute Gasteiger partial charge is 0.490 e. The molecule has 0 bridgehead atoms. The van der Waals surface area contributed by atoms with Crippen molar-refractivity contribution in [1.29, 1.82) is 0 Å². The van der Waals surface area contributed by atoms with E-state index >= 15 is 0 Å². The van der Waals surface area contributed by atoms with Crippen molar-refractivity contribution in [3.05, 3.63) is 29.8 Å². The topological polar surface area (TPSA) is 67.5 Å². The van der Waals surface area contributed by atoms with Gasteiger partial charge in [0.1, 0.15) is 11.4 Å². The highest BCUT2D eigenvalue weighted by Crippen LogP contribution is 2.26. The van der Waals surface area contributed by atoms with Crippen LogP contribution < -0.4 is 16.0 Å². The van der Waals surface area contributed by atoms with Gasteiger partial charge in [-0.2, -0.15) is 0 Å². The molecule has 0 heterocycles. The highest BCUT2D eigenvalue weighted by atomic mass is 16.5. The average Bonchev–Trinajstić information content (AvgIpc) is 2.82. The van der Waals surface area contributed by atoms with E-state index in [4.69, 9.17) is 10.6 Å². The lowest BCUT2D eigenvalue weighted by molar-refractivity contribution is 0.0571. The van der Waals surface area contributed by atoms with Crippen LogP contribution >= 0.6 is 0 Å². The Labute approximate surface area is 108 Å². The Hall–Kier alpha value is -1.10. The predicted molar refractivity (Wildman–Crippen MR) is 71.1 cm³/mol. The Kier molecular flexibility index (Phi) is 4.22. The van der Waals surface area contributed by atoms with Gasteiger partial charge in [-0.3, -0.25) is 11.3 Å². The molecule has 0 saturated heterocycles. The van der Waals surface area contributed by atoms with E-state index in [-0.39, 0.29) is 0 Å². The zero-order valence-electron chi connectivity index (χ0n) is 10.9. The Bertz CT molecular complexity index is 370. The van der Waals surface area contributed by atoms with Crippen LogP contribution in [0.4, 0.5) is 0 Å². The quantitative estimate of drug-likeness (QED) is 0.549. The summed E-state index contributed by atoms with van der Waals surface area (Å²) in [6, 6.07) is 7.61. The maximum absolute atomic E-state index is 10.2. The van der Waals surface area contributed by atoms with Gasteiger partial charge in [-0.1, -0.05) is 12.1 Å². The number of aliphatic hydroxyl groups is 1. The lowest BCUT2D eigenvalue weighted by atomic mass is 9.96. The second-order valence-electron chi connectivity index (χ2n) is 5.20. The fraction of sp³-hybridized carbons (Fsp3) is 0.571. The maximum Gasteiger partial charge on any atom is 0.119 e. The molecule has 4 nitrogen and oxygen atoms in total. The third-order valence-corrected chi connectivity index (χ3v) is 3.53. The van der Waals surface area contributed by atoms with Crippen molar-refractivity contribution in [2.75, 3.05) is 6.54 Å². The first-order chi connectivity index (χ1) is 8.62. The summed E-state index contributed by atoms with van der Waals surface area (Å²) < 4.78 is 5.88. The summed E-state index contributed by atoms with van der Waals surface area (Å²) in [4.78, 5) is 0. The minimum absolute atomic E-state index is 0.315. The average molecular weight is 250 g/mol. The van der Waals surface area contributed by atoms with E-state index in [1.807, 2.05) is 24.3 Å². The maximum atomic E-state index is 10.2. The standard InChI is InChI=1S/C14H22N2O2/c1-14(17,10-16-15)11-6-8-13(9-7-11)18-12-4-2-3-5-12/h6-9,12,16-17H,2-5,10,15H2,1H3. The molecule has 0 radical (unpaired) electrons. The summed E-state index contributed by atoms with van der Waals surface area (Å²) in [5, 5.41) is 10.2. The molecule has 1 aliphatic rings. The number of hydrogen-bond donors (Lipinski definition) is 3. The SMILES string of the molecule is CC(O)(CNN)c1ccc(OC2CCCC2)cc1. The van der Waals surface area contributed by atoms with Crippen LogP contribution in [0.25, 0.3) is 0 Å². The summed E-state index contributed by atoms with van der Waals surface area (Å²) in [7, 11) is 0. The highest BCUT2D eigenvalue weighted by Gasteiger charge is 2.22. The molecule has 4 N–H and O–H groups in total. The van der Waals surface area contributed by atoms with Gasteiger partial charge in [0.25, 0.3) is 0 Å². The van der Waals surface area contributed by atoms with Gasteiger partial charge >= 0.3 is 0 Å². The molecule has 1 aromatic carbocycles. The van der Waals surface area contributed by atoms with Crippen molar-refractivity contribution in [3.63, 3.8) is 0 Å². The normalized spacial score (nSPS) is 19.7. The summed E-state index contributed by atoms with van der Waals surface area (Å²) in [5.74, 6) is 6.13.